The third kappa shape index (κ3) is 1.93. The number of rotatable bonds is 3. The van der Waals surface area contributed by atoms with Crippen LogP contribution in [0.3, 0.4) is 0 Å². The molecular weight excluding hydrogens is 211 g/mol. The molecule has 4 heteroatoms. The van der Waals surface area contributed by atoms with E-state index in [-0.39, 0.29) is 5.56 Å². The Morgan fingerprint density at radius 1 is 1.31 bits per heavy atom. The second-order valence-corrected chi connectivity index (χ2v) is 4.51. The Hall–Kier alpha value is -1.42. The first kappa shape index (κ1) is 12.6. The smallest absolute Gasteiger partial charge is 0.312 e. The van der Waals surface area contributed by atoms with Crippen molar-refractivity contribution in [2.24, 2.45) is 5.41 Å². The quantitative estimate of drug-likeness (QED) is 0.830. The number of carbonyl (C=O) groups is 1. The normalized spacial score (nSPS) is 15.6. The van der Waals surface area contributed by atoms with Gasteiger partial charge in [0, 0.05) is 0 Å². The topological polar surface area (TPSA) is 57.5 Å². The molecule has 0 heterocycles. The summed E-state index contributed by atoms with van der Waals surface area (Å²) in [5, 5.41) is 19.3. The number of benzene rings is 1. The second kappa shape index (κ2) is 3.87. The molecular formula is C12H15FO3. The van der Waals surface area contributed by atoms with Crippen LogP contribution in [0.4, 0.5) is 4.39 Å². The van der Waals surface area contributed by atoms with E-state index in [4.69, 9.17) is 5.11 Å². The number of halogens is 1. The van der Waals surface area contributed by atoms with E-state index >= 15 is 0 Å². The summed E-state index contributed by atoms with van der Waals surface area (Å²) in [6.07, 6.45) is 0. The Morgan fingerprint density at radius 2 is 1.88 bits per heavy atom. The third-order valence-corrected chi connectivity index (χ3v) is 3.14. The van der Waals surface area contributed by atoms with Crippen LogP contribution < -0.4 is 0 Å². The van der Waals surface area contributed by atoms with Crippen LogP contribution >= 0.6 is 0 Å². The molecule has 0 radical (unpaired) electrons. The van der Waals surface area contributed by atoms with Crippen molar-refractivity contribution < 1.29 is 19.4 Å². The summed E-state index contributed by atoms with van der Waals surface area (Å²) in [7, 11) is 0. The van der Waals surface area contributed by atoms with E-state index in [1.807, 2.05) is 0 Å². The van der Waals surface area contributed by atoms with Gasteiger partial charge in [0.1, 0.15) is 11.4 Å². The van der Waals surface area contributed by atoms with Crippen molar-refractivity contribution in [1.29, 1.82) is 0 Å². The fourth-order valence-corrected chi connectivity index (χ4v) is 1.36. The molecule has 0 saturated heterocycles. The fourth-order valence-electron chi connectivity index (χ4n) is 1.36. The minimum atomic E-state index is -1.64. The molecule has 0 fully saturated rings. The van der Waals surface area contributed by atoms with Crippen molar-refractivity contribution in [3.8, 4) is 0 Å². The number of hydrogen-bond donors (Lipinski definition) is 2. The third-order valence-electron chi connectivity index (χ3n) is 3.14. The Labute approximate surface area is 93.5 Å². The number of carboxylic acids is 1. The minimum absolute atomic E-state index is 0.250. The van der Waals surface area contributed by atoms with Gasteiger partial charge < -0.3 is 10.2 Å². The molecule has 0 aliphatic heterocycles. The van der Waals surface area contributed by atoms with Crippen molar-refractivity contribution >= 4 is 5.97 Å². The highest BCUT2D eigenvalue weighted by Gasteiger charge is 2.46. The lowest BCUT2D eigenvalue weighted by molar-refractivity contribution is -0.164. The predicted molar refractivity (Wildman–Crippen MR) is 57.4 cm³/mol. The Bertz CT molecular complexity index is 410. The monoisotopic (exact) mass is 226 g/mol. The van der Waals surface area contributed by atoms with Crippen molar-refractivity contribution in [3.63, 3.8) is 0 Å². The first-order valence-electron chi connectivity index (χ1n) is 4.91. The van der Waals surface area contributed by atoms with Crippen molar-refractivity contribution in [1.82, 2.24) is 0 Å². The van der Waals surface area contributed by atoms with Gasteiger partial charge in [-0.15, -0.1) is 0 Å². The summed E-state index contributed by atoms with van der Waals surface area (Å²) < 4.78 is 13.0. The summed E-state index contributed by atoms with van der Waals surface area (Å²) in [5.41, 5.74) is -2.79. The van der Waals surface area contributed by atoms with Gasteiger partial charge >= 0.3 is 5.97 Å². The lowest BCUT2D eigenvalue weighted by Crippen LogP contribution is -2.45. The zero-order chi connectivity index (χ0) is 12.6. The SMILES string of the molecule is CC(C)(C(=O)O)C(C)(O)c1cccc(F)c1. The highest BCUT2D eigenvalue weighted by Crippen LogP contribution is 2.39. The van der Waals surface area contributed by atoms with E-state index in [1.54, 1.807) is 0 Å². The molecule has 0 spiro atoms. The largest absolute Gasteiger partial charge is 0.481 e. The zero-order valence-corrected chi connectivity index (χ0v) is 9.49. The minimum Gasteiger partial charge on any atom is -0.481 e. The highest BCUT2D eigenvalue weighted by molar-refractivity contribution is 5.75. The summed E-state index contributed by atoms with van der Waals surface area (Å²) in [4.78, 5) is 11.1. The van der Waals surface area contributed by atoms with Gasteiger partial charge in [-0.05, 0) is 38.5 Å². The Balaban J connectivity index is 3.26. The van der Waals surface area contributed by atoms with E-state index < -0.39 is 22.8 Å². The molecule has 1 aromatic carbocycles. The maximum atomic E-state index is 13.0. The average Bonchev–Trinajstić information content (AvgIpc) is 2.17. The van der Waals surface area contributed by atoms with Gasteiger partial charge in [0.2, 0.25) is 0 Å². The molecule has 0 aliphatic carbocycles. The van der Waals surface area contributed by atoms with Crippen molar-refractivity contribution in [2.75, 3.05) is 0 Å². The summed E-state index contributed by atoms with van der Waals surface area (Å²) in [5.74, 6) is -1.64. The van der Waals surface area contributed by atoms with Crippen LogP contribution in [0, 0.1) is 11.2 Å². The first-order valence-corrected chi connectivity index (χ1v) is 4.91. The predicted octanol–water partition coefficient (Wildman–Crippen LogP) is 2.14. The van der Waals surface area contributed by atoms with Crippen LogP contribution in [-0.4, -0.2) is 16.2 Å². The van der Waals surface area contributed by atoms with Crippen molar-refractivity contribution in [2.45, 2.75) is 26.4 Å². The van der Waals surface area contributed by atoms with Crippen LogP contribution in [-0.2, 0) is 10.4 Å². The summed E-state index contributed by atoms with van der Waals surface area (Å²) in [6.45, 7) is 4.18. The zero-order valence-electron chi connectivity index (χ0n) is 9.49. The van der Waals surface area contributed by atoms with Gasteiger partial charge in [0.25, 0.3) is 0 Å². The molecule has 88 valence electrons. The molecule has 1 unspecified atom stereocenters. The lowest BCUT2D eigenvalue weighted by Gasteiger charge is -2.36. The molecule has 3 nitrogen and oxygen atoms in total. The molecule has 1 aromatic rings. The van der Waals surface area contributed by atoms with E-state index in [9.17, 15) is 14.3 Å². The maximum absolute atomic E-state index is 13.0. The highest BCUT2D eigenvalue weighted by atomic mass is 19.1. The molecule has 1 rings (SSSR count). The lowest BCUT2D eigenvalue weighted by atomic mass is 9.72. The fraction of sp³-hybridized carbons (Fsp3) is 0.417. The van der Waals surface area contributed by atoms with E-state index in [0.29, 0.717) is 0 Å². The summed E-state index contributed by atoms with van der Waals surface area (Å²) in [6, 6.07) is 5.34. The average molecular weight is 226 g/mol. The van der Waals surface area contributed by atoms with Gasteiger partial charge in [-0.25, -0.2) is 4.39 Å². The molecule has 1 atom stereocenters. The molecule has 0 aliphatic rings. The number of aliphatic hydroxyl groups is 1. The number of carboxylic acid groups (broad SMARTS) is 1. The van der Waals surface area contributed by atoms with E-state index in [1.165, 1.54) is 39.0 Å². The molecule has 2 N–H and O–H groups in total. The van der Waals surface area contributed by atoms with Crippen LogP contribution in [0.1, 0.15) is 26.3 Å². The van der Waals surface area contributed by atoms with Gasteiger partial charge in [0.15, 0.2) is 0 Å². The van der Waals surface area contributed by atoms with Crippen LogP contribution in [0.2, 0.25) is 0 Å². The Kier molecular flexibility index (Phi) is 3.06. The van der Waals surface area contributed by atoms with Crippen molar-refractivity contribution in [3.05, 3.63) is 35.6 Å². The first-order chi connectivity index (χ1) is 7.19. The van der Waals surface area contributed by atoms with Gasteiger partial charge in [-0.1, -0.05) is 12.1 Å². The van der Waals surface area contributed by atoms with Crippen LogP contribution in [0.25, 0.3) is 0 Å². The molecule has 0 amide bonds. The molecule has 0 bridgehead atoms. The van der Waals surface area contributed by atoms with Gasteiger partial charge in [-0.3, -0.25) is 4.79 Å². The maximum Gasteiger partial charge on any atom is 0.312 e. The van der Waals surface area contributed by atoms with Gasteiger partial charge in [0.05, 0.1) is 5.41 Å². The van der Waals surface area contributed by atoms with Gasteiger partial charge in [-0.2, -0.15) is 0 Å². The summed E-state index contributed by atoms with van der Waals surface area (Å²) >= 11 is 0. The number of aliphatic carboxylic acids is 1. The Morgan fingerprint density at radius 3 is 2.31 bits per heavy atom. The van der Waals surface area contributed by atoms with E-state index in [0.717, 1.165) is 6.07 Å². The van der Waals surface area contributed by atoms with Crippen LogP contribution in [0.15, 0.2) is 24.3 Å². The second-order valence-electron chi connectivity index (χ2n) is 4.51. The van der Waals surface area contributed by atoms with E-state index in [2.05, 4.69) is 0 Å². The molecule has 0 saturated carbocycles. The molecule has 0 aromatic heterocycles. The standard InChI is InChI=1S/C12H15FO3/c1-11(2,10(14)15)12(3,16)8-5-4-6-9(13)7-8/h4-7,16H,1-3H3,(H,14,15). The molecule has 16 heavy (non-hydrogen) atoms. The number of hydrogen-bond acceptors (Lipinski definition) is 2. The van der Waals surface area contributed by atoms with Crippen LogP contribution in [0.5, 0.6) is 0 Å².